The summed E-state index contributed by atoms with van der Waals surface area (Å²) in [4.78, 5) is 2.39. The summed E-state index contributed by atoms with van der Waals surface area (Å²) in [6, 6.07) is 0. The molecule has 0 saturated heterocycles. The molecule has 0 bridgehead atoms. The summed E-state index contributed by atoms with van der Waals surface area (Å²) in [5.41, 5.74) is 0.0468. The van der Waals surface area contributed by atoms with Gasteiger partial charge >= 0.3 is 0 Å². The summed E-state index contributed by atoms with van der Waals surface area (Å²) >= 11 is 0. The van der Waals surface area contributed by atoms with Crippen molar-refractivity contribution in [3.63, 3.8) is 0 Å². The maximum atomic E-state index is 9.08. The molecule has 0 unspecified atom stereocenters. The molecule has 12 heavy (non-hydrogen) atoms. The van der Waals surface area contributed by atoms with Crippen molar-refractivity contribution in [2.75, 3.05) is 26.2 Å². The topological polar surface area (TPSA) is 23.5 Å². The van der Waals surface area contributed by atoms with E-state index in [1.165, 1.54) is 6.42 Å². The molecule has 1 N–H and O–H groups in total. The summed E-state index contributed by atoms with van der Waals surface area (Å²) in [6.45, 7) is 12.0. The lowest BCUT2D eigenvalue weighted by atomic mass is 9.94. The van der Waals surface area contributed by atoms with Crippen molar-refractivity contribution in [3.05, 3.63) is 0 Å². The molecule has 2 nitrogen and oxygen atoms in total. The summed E-state index contributed by atoms with van der Waals surface area (Å²) in [5.74, 6) is 0. The van der Waals surface area contributed by atoms with Gasteiger partial charge in [-0.25, -0.2) is 0 Å². The van der Waals surface area contributed by atoms with Gasteiger partial charge in [-0.1, -0.05) is 27.7 Å². The fourth-order valence-corrected chi connectivity index (χ4v) is 1.32. The van der Waals surface area contributed by atoms with E-state index in [0.717, 1.165) is 19.6 Å². The van der Waals surface area contributed by atoms with Crippen LogP contribution in [-0.4, -0.2) is 36.2 Å². The molecule has 0 saturated carbocycles. The number of hydrogen-bond acceptors (Lipinski definition) is 2. The fraction of sp³-hybridized carbons (Fsp3) is 1.00. The SMILES string of the molecule is CCCN(CC)CC(C)(C)CO. The zero-order valence-electron chi connectivity index (χ0n) is 8.93. The molecule has 0 amide bonds. The number of nitrogens with zero attached hydrogens (tertiary/aromatic N) is 1. The zero-order valence-corrected chi connectivity index (χ0v) is 8.93. The van der Waals surface area contributed by atoms with Crippen LogP contribution in [0, 0.1) is 5.41 Å². The molecule has 0 fully saturated rings. The van der Waals surface area contributed by atoms with E-state index in [2.05, 4.69) is 32.6 Å². The number of aliphatic hydroxyl groups is 1. The Balaban J connectivity index is 3.83. The van der Waals surface area contributed by atoms with E-state index in [-0.39, 0.29) is 12.0 Å². The molecule has 0 aromatic heterocycles. The van der Waals surface area contributed by atoms with Crippen molar-refractivity contribution in [1.29, 1.82) is 0 Å². The molecule has 0 aliphatic rings. The quantitative estimate of drug-likeness (QED) is 0.661. The summed E-state index contributed by atoms with van der Waals surface area (Å²) in [6.07, 6.45) is 1.19. The lowest BCUT2D eigenvalue weighted by Crippen LogP contribution is -2.36. The van der Waals surface area contributed by atoms with Gasteiger partial charge in [0, 0.05) is 18.6 Å². The first-order chi connectivity index (χ1) is 5.55. The predicted octanol–water partition coefficient (Wildman–Crippen LogP) is 1.74. The maximum Gasteiger partial charge on any atom is 0.0494 e. The standard InChI is InChI=1S/C10H23NO/c1-5-7-11(6-2)8-10(3,4)9-12/h12H,5-9H2,1-4H3. The van der Waals surface area contributed by atoms with Gasteiger partial charge in [-0.05, 0) is 19.5 Å². The van der Waals surface area contributed by atoms with Gasteiger partial charge in [-0.15, -0.1) is 0 Å². The lowest BCUT2D eigenvalue weighted by Gasteiger charge is -2.30. The smallest absolute Gasteiger partial charge is 0.0494 e. The summed E-state index contributed by atoms with van der Waals surface area (Å²) < 4.78 is 0. The average Bonchev–Trinajstić information content (AvgIpc) is 2.03. The molecule has 0 aliphatic heterocycles. The van der Waals surface area contributed by atoms with E-state index in [1.54, 1.807) is 0 Å². The Labute approximate surface area is 76.6 Å². The van der Waals surface area contributed by atoms with Crippen LogP contribution in [0.1, 0.15) is 34.1 Å². The van der Waals surface area contributed by atoms with Crippen molar-refractivity contribution in [2.45, 2.75) is 34.1 Å². The third-order valence-electron chi connectivity index (χ3n) is 2.07. The molecule has 74 valence electrons. The van der Waals surface area contributed by atoms with E-state index < -0.39 is 0 Å². The molecule has 0 aromatic carbocycles. The molecule has 0 heterocycles. The van der Waals surface area contributed by atoms with E-state index >= 15 is 0 Å². The van der Waals surface area contributed by atoms with Gasteiger partial charge in [0.1, 0.15) is 0 Å². The molecule has 0 spiro atoms. The number of rotatable bonds is 6. The van der Waals surface area contributed by atoms with Crippen molar-refractivity contribution in [1.82, 2.24) is 4.90 Å². The Morgan fingerprint density at radius 3 is 2.17 bits per heavy atom. The first-order valence-electron chi connectivity index (χ1n) is 4.89. The van der Waals surface area contributed by atoms with E-state index in [9.17, 15) is 0 Å². The molecular formula is C10H23NO. The summed E-state index contributed by atoms with van der Waals surface area (Å²) in [7, 11) is 0. The maximum absolute atomic E-state index is 9.08. The van der Waals surface area contributed by atoms with Crippen LogP contribution < -0.4 is 0 Å². The normalized spacial score (nSPS) is 12.5. The highest BCUT2D eigenvalue weighted by atomic mass is 16.3. The fourth-order valence-electron chi connectivity index (χ4n) is 1.32. The van der Waals surface area contributed by atoms with E-state index in [1.807, 2.05) is 0 Å². The Morgan fingerprint density at radius 2 is 1.83 bits per heavy atom. The minimum atomic E-state index is 0.0468. The largest absolute Gasteiger partial charge is 0.396 e. The van der Waals surface area contributed by atoms with Gasteiger partial charge in [-0.3, -0.25) is 0 Å². The third-order valence-corrected chi connectivity index (χ3v) is 2.07. The van der Waals surface area contributed by atoms with Crippen LogP contribution >= 0.6 is 0 Å². The highest BCUT2D eigenvalue weighted by Crippen LogP contribution is 2.15. The molecule has 2 heteroatoms. The van der Waals surface area contributed by atoms with Crippen LogP contribution in [0.4, 0.5) is 0 Å². The van der Waals surface area contributed by atoms with Gasteiger partial charge < -0.3 is 10.0 Å². The van der Waals surface area contributed by atoms with Crippen molar-refractivity contribution >= 4 is 0 Å². The van der Waals surface area contributed by atoms with Crippen LogP contribution in [0.2, 0.25) is 0 Å². The lowest BCUT2D eigenvalue weighted by molar-refractivity contribution is 0.105. The molecule has 0 rings (SSSR count). The van der Waals surface area contributed by atoms with Crippen LogP contribution in [0.15, 0.2) is 0 Å². The van der Waals surface area contributed by atoms with Crippen LogP contribution in [-0.2, 0) is 0 Å². The van der Waals surface area contributed by atoms with Crippen LogP contribution in [0.25, 0.3) is 0 Å². The highest BCUT2D eigenvalue weighted by molar-refractivity contribution is 4.71. The monoisotopic (exact) mass is 173 g/mol. The molecule has 0 aliphatic carbocycles. The van der Waals surface area contributed by atoms with Crippen LogP contribution in [0.3, 0.4) is 0 Å². The summed E-state index contributed by atoms with van der Waals surface area (Å²) in [5, 5.41) is 9.08. The third kappa shape index (κ3) is 4.73. The van der Waals surface area contributed by atoms with Gasteiger partial charge in [0.05, 0.1) is 0 Å². The zero-order chi connectivity index (χ0) is 9.61. The molecule has 0 radical (unpaired) electrons. The Kier molecular flexibility index (Phi) is 5.51. The van der Waals surface area contributed by atoms with Crippen molar-refractivity contribution < 1.29 is 5.11 Å². The van der Waals surface area contributed by atoms with Crippen molar-refractivity contribution in [3.8, 4) is 0 Å². The second-order valence-electron chi connectivity index (χ2n) is 4.19. The van der Waals surface area contributed by atoms with E-state index in [4.69, 9.17) is 5.11 Å². The number of hydrogen-bond donors (Lipinski definition) is 1. The van der Waals surface area contributed by atoms with Gasteiger partial charge in [0.25, 0.3) is 0 Å². The first kappa shape index (κ1) is 11.9. The second kappa shape index (κ2) is 5.55. The predicted molar refractivity (Wildman–Crippen MR) is 53.3 cm³/mol. The Hall–Kier alpha value is -0.0800. The van der Waals surface area contributed by atoms with Gasteiger partial charge in [-0.2, -0.15) is 0 Å². The second-order valence-corrected chi connectivity index (χ2v) is 4.19. The molecule has 0 atom stereocenters. The average molecular weight is 173 g/mol. The highest BCUT2D eigenvalue weighted by Gasteiger charge is 2.19. The van der Waals surface area contributed by atoms with Crippen LogP contribution in [0.5, 0.6) is 0 Å². The number of aliphatic hydroxyl groups excluding tert-OH is 1. The minimum Gasteiger partial charge on any atom is -0.396 e. The van der Waals surface area contributed by atoms with Gasteiger partial charge in [0.2, 0.25) is 0 Å². The first-order valence-corrected chi connectivity index (χ1v) is 4.89. The Bertz CT molecular complexity index is 112. The minimum absolute atomic E-state index is 0.0468. The van der Waals surface area contributed by atoms with E-state index in [0.29, 0.717) is 0 Å². The van der Waals surface area contributed by atoms with Crippen molar-refractivity contribution in [2.24, 2.45) is 5.41 Å². The Morgan fingerprint density at radius 1 is 1.25 bits per heavy atom. The van der Waals surface area contributed by atoms with Gasteiger partial charge in [0.15, 0.2) is 0 Å². The molecular weight excluding hydrogens is 150 g/mol. The molecule has 0 aromatic rings.